The monoisotopic (exact) mass is 408 g/mol. The zero-order valence-electron chi connectivity index (χ0n) is 9.87. The van der Waals surface area contributed by atoms with Gasteiger partial charge in [-0.1, -0.05) is 35.3 Å². The van der Waals surface area contributed by atoms with E-state index in [0.29, 0.717) is 28.0 Å². The van der Waals surface area contributed by atoms with Gasteiger partial charge in [-0.3, -0.25) is 0 Å². The van der Waals surface area contributed by atoms with E-state index in [1.807, 2.05) is 24.3 Å². The molecule has 2 rings (SSSR count). The molecule has 0 aliphatic heterocycles. The first kappa shape index (κ1) is 14.9. The Hall–Kier alpha value is -0.490. The fourth-order valence-electron chi connectivity index (χ4n) is 1.58. The molecule has 0 unspecified atom stereocenters. The van der Waals surface area contributed by atoms with Crippen LogP contribution in [0.2, 0.25) is 10.0 Å². The number of aliphatic hydroxyl groups excluding tert-OH is 1. The normalized spacial score (nSPS) is 10.5. The molecule has 0 amide bonds. The van der Waals surface area contributed by atoms with E-state index in [-0.39, 0.29) is 6.61 Å². The molecule has 0 aliphatic rings. The van der Waals surface area contributed by atoms with Crippen LogP contribution in [0.15, 0.2) is 36.4 Å². The van der Waals surface area contributed by atoms with Crippen LogP contribution in [0.25, 0.3) is 0 Å². The summed E-state index contributed by atoms with van der Waals surface area (Å²) < 4.78 is 6.82. The van der Waals surface area contributed by atoms with E-state index in [0.717, 1.165) is 5.56 Å². The van der Waals surface area contributed by atoms with Crippen molar-refractivity contribution in [3.05, 3.63) is 61.1 Å². The van der Waals surface area contributed by atoms with Gasteiger partial charge in [0.2, 0.25) is 0 Å². The van der Waals surface area contributed by atoms with Crippen molar-refractivity contribution in [1.82, 2.24) is 0 Å². The van der Waals surface area contributed by atoms with Crippen molar-refractivity contribution in [1.29, 1.82) is 0 Å². The summed E-state index contributed by atoms with van der Waals surface area (Å²) in [6, 6.07) is 11.3. The van der Waals surface area contributed by atoms with Gasteiger partial charge in [0, 0.05) is 3.57 Å². The fourth-order valence-corrected chi connectivity index (χ4v) is 2.58. The summed E-state index contributed by atoms with van der Waals surface area (Å²) in [4.78, 5) is 0. The molecule has 2 aromatic rings. The summed E-state index contributed by atoms with van der Waals surface area (Å²) in [6.45, 7) is 0.297. The second kappa shape index (κ2) is 6.79. The highest BCUT2D eigenvalue weighted by Gasteiger charge is 2.09. The van der Waals surface area contributed by atoms with E-state index in [2.05, 4.69) is 22.6 Å². The Kier molecular flexibility index (Phi) is 5.33. The lowest BCUT2D eigenvalue weighted by atomic mass is 10.2. The number of ether oxygens (including phenoxy) is 1. The molecule has 1 N–H and O–H groups in total. The van der Waals surface area contributed by atoms with Gasteiger partial charge >= 0.3 is 0 Å². The number of rotatable bonds is 4. The van der Waals surface area contributed by atoms with Crippen LogP contribution in [0.4, 0.5) is 0 Å². The first-order valence-electron chi connectivity index (χ1n) is 5.56. The Balaban J connectivity index is 2.13. The molecule has 0 aliphatic carbocycles. The van der Waals surface area contributed by atoms with Gasteiger partial charge in [0.15, 0.2) is 5.75 Å². The van der Waals surface area contributed by atoms with Crippen molar-refractivity contribution in [3.8, 4) is 5.75 Å². The average Bonchev–Trinajstić information content (AvgIpc) is 2.39. The molecule has 0 radical (unpaired) electrons. The van der Waals surface area contributed by atoms with E-state index < -0.39 is 0 Å². The van der Waals surface area contributed by atoms with Crippen molar-refractivity contribution in [2.75, 3.05) is 0 Å². The highest BCUT2D eigenvalue weighted by Crippen LogP contribution is 2.34. The maximum Gasteiger partial charge on any atom is 0.156 e. The largest absolute Gasteiger partial charge is 0.486 e. The topological polar surface area (TPSA) is 29.5 Å². The van der Waals surface area contributed by atoms with Crippen molar-refractivity contribution in [2.45, 2.75) is 13.2 Å². The minimum absolute atomic E-state index is 0.100. The lowest BCUT2D eigenvalue weighted by Gasteiger charge is -2.11. The van der Waals surface area contributed by atoms with E-state index in [9.17, 15) is 0 Å². The molecular weight excluding hydrogens is 398 g/mol. The molecule has 2 nitrogen and oxygen atoms in total. The smallest absolute Gasteiger partial charge is 0.156 e. The van der Waals surface area contributed by atoms with Gasteiger partial charge < -0.3 is 9.84 Å². The summed E-state index contributed by atoms with van der Waals surface area (Å²) >= 11 is 14.4. The molecule has 0 atom stereocenters. The van der Waals surface area contributed by atoms with Crippen LogP contribution in [0.3, 0.4) is 0 Å². The molecular formula is C14H11Cl2IO2. The van der Waals surface area contributed by atoms with E-state index in [4.69, 9.17) is 33.0 Å². The van der Waals surface area contributed by atoms with Gasteiger partial charge in [-0.15, -0.1) is 0 Å². The summed E-state index contributed by atoms with van der Waals surface area (Å²) in [5.74, 6) is 0.444. The third-order valence-electron chi connectivity index (χ3n) is 2.54. The maximum atomic E-state index is 9.05. The van der Waals surface area contributed by atoms with Gasteiger partial charge in [0.25, 0.3) is 0 Å². The first-order valence-corrected chi connectivity index (χ1v) is 7.39. The Morgan fingerprint density at radius 1 is 1.00 bits per heavy atom. The molecule has 0 saturated carbocycles. The molecule has 5 heteroatoms. The van der Waals surface area contributed by atoms with Crippen LogP contribution in [-0.2, 0) is 13.2 Å². The number of aliphatic hydroxyl groups is 1. The second-order valence-electron chi connectivity index (χ2n) is 3.96. The fraction of sp³-hybridized carbons (Fsp3) is 0.143. The van der Waals surface area contributed by atoms with E-state index in [1.54, 1.807) is 12.1 Å². The zero-order valence-corrected chi connectivity index (χ0v) is 13.5. The molecule has 0 spiro atoms. The van der Waals surface area contributed by atoms with Crippen LogP contribution >= 0.6 is 45.8 Å². The minimum Gasteiger partial charge on any atom is -0.486 e. The standard InChI is InChI=1S/C14H11Cl2IO2/c15-12-5-10(7-18)6-13(16)14(12)19-8-9-1-3-11(17)4-2-9/h1-6,18H,7-8H2. The summed E-state index contributed by atoms with van der Waals surface area (Å²) in [5.41, 5.74) is 1.70. The van der Waals surface area contributed by atoms with Gasteiger partial charge in [0.05, 0.1) is 16.7 Å². The third kappa shape index (κ3) is 3.99. The predicted octanol–water partition coefficient (Wildman–Crippen LogP) is 4.67. The van der Waals surface area contributed by atoms with Crippen molar-refractivity contribution < 1.29 is 9.84 Å². The van der Waals surface area contributed by atoms with Gasteiger partial charge in [-0.2, -0.15) is 0 Å². The molecule has 0 fully saturated rings. The third-order valence-corrected chi connectivity index (χ3v) is 3.82. The quantitative estimate of drug-likeness (QED) is 0.745. The van der Waals surface area contributed by atoms with Gasteiger partial charge in [0.1, 0.15) is 6.61 Å². The molecule has 0 heterocycles. The zero-order chi connectivity index (χ0) is 13.8. The summed E-state index contributed by atoms with van der Waals surface area (Å²) in [7, 11) is 0. The maximum absolute atomic E-state index is 9.05. The van der Waals surface area contributed by atoms with E-state index in [1.165, 1.54) is 3.57 Å². The van der Waals surface area contributed by atoms with Crippen molar-refractivity contribution in [2.24, 2.45) is 0 Å². The van der Waals surface area contributed by atoms with Crippen LogP contribution in [0.1, 0.15) is 11.1 Å². The molecule has 2 aromatic carbocycles. The molecule has 0 aromatic heterocycles. The SMILES string of the molecule is OCc1cc(Cl)c(OCc2ccc(I)cc2)c(Cl)c1. The Morgan fingerprint density at radius 3 is 2.11 bits per heavy atom. The average molecular weight is 409 g/mol. The van der Waals surface area contributed by atoms with Crippen LogP contribution in [0.5, 0.6) is 5.75 Å². The number of halogens is 3. The lowest BCUT2D eigenvalue weighted by Crippen LogP contribution is -1.97. The van der Waals surface area contributed by atoms with Crippen molar-refractivity contribution >= 4 is 45.8 Å². The molecule has 19 heavy (non-hydrogen) atoms. The van der Waals surface area contributed by atoms with E-state index >= 15 is 0 Å². The van der Waals surface area contributed by atoms with Crippen LogP contribution in [0, 0.1) is 3.57 Å². The van der Waals surface area contributed by atoms with Crippen molar-refractivity contribution in [3.63, 3.8) is 0 Å². The summed E-state index contributed by atoms with van der Waals surface area (Å²) in [6.07, 6.45) is 0. The van der Waals surface area contributed by atoms with Crippen LogP contribution < -0.4 is 4.74 Å². The number of hydrogen-bond donors (Lipinski definition) is 1. The minimum atomic E-state index is -0.100. The Bertz CT molecular complexity index is 547. The number of hydrogen-bond acceptors (Lipinski definition) is 2. The molecule has 100 valence electrons. The lowest BCUT2D eigenvalue weighted by molar-refractivity contribution is 0.281. The van der Waals surface area contributed by atoms with Gasteiger partial charge in [-0.05, 0) is 58.0 Å². The van der Waals surface area contributed by atoms with Gasteiger partial charge in [-0.25, -0.2) is 0 Å². The first-order chi connectivity index (χ1) is 9.10. The second-order valence-corrected chi connectivity index (χ2v) is 6.02. The molecule has 0 bridgehead atoms. The predicted molar refractivity (Wildman–Crippen MR) is 85.9 cm³/mol. The number of benzene rings is 2. The van der Waals surface area contributed by atoms with Crippen LogP contribution in [-0.4, -0.2) is 5.11 Å². The highest BCUT2D eigenvalue weighted by atomic mass is 127. The highest BCUT2D eigenvalue weighted by molar-refractivity contribution is 14.1. The Labute approximate surface area is 135 Å². The molecule has 0 saturated heterocycles. The Morgan fingerprint density at radius 2 is 1.58 bits per heavy atom. The summed E-state index contributed by atoms with van der Waals surface area (Å²) in [5, 5.41) is 9.86.